The maximum Gasteiger partial charge on any atom is 0.550 e. The fourth-order valence-electron chi connectivity index (χ4n) is 0.671. The summed E-state index contributed by atoms with van der Waals surface area (Å²) >= 11 is 5.50. The van der Waals surface area contributed by atoms with Gasteiger partial charge in [-0.1, -0.05) is 44.5 Å². The molecule has 0 aromatic heterocycles. The summed E-state index contributed by atoms with van der Waals surface area (Å²) in [6, 6.07) is 0. The Morgan fingerprint density at radius 2 is 1.59 bits per heavy atom. The first-order chi connectivity index (χ1) is 7.75. The third kappa shape index (κ3) is 9.60. The van der Waals surface area contributed by atoms with E-state index in [0.29, 0.717) is 0 Å². The SMILES string of the molecule is CC(Cl)=NOP(=O)(OCC(C)C)OCC(C)C. The van der Waals surface area contributed by atoms with E-state index >= 15 is 0 Å². The van der Waals surface area contributed by atoms with E-state index < -0.39 is 7.82 Å². The van der Waals surface area contributed by atoms with Crippen LogP contribution in [0, 0.1) is 11.8 Å². The van der Waals surface area contributed by atoms with Crippen molar-refractivity contribution < 1.29 is 18.2 Å². The van der Waals surface area contributed by atoms with Crippen LogP contribution in [0.15, 0.2) is 5.16 Å². The Morgan fingerprint density at radius 3 is 1.88 bits per heavy atom. The number of phosphoric ester groups is 1. The molecule has 0 aromatic carbocycles. The lowest BCUT2D eigenvalue weighted by atomic mass is 10.2. The van der Waals surface area contributed by atoms with E-state index in [9.17, 15) is 4.57 Å². The number of rotatable bonds is 8. The molecule has 0 aromatic rings. The van der Waals surface area contributed by atoms with Crippen LogP contribution in [0.2, 0.25) is 0 Å². The normalized spacial score (nSPS) is 13.5. The molecule has 0 saturated heterocycles. The second-order valence-corrected chi connectivity index (χ2v) is 6.62. The second kappa shape index (κ2) is 8.09. The highest BCUT2D eigenvalue weighted by Crippen LogP contribution is 2.50. The van der Waals surface area contributed by atoms with Crippen molar-refractivity contribution >= 4 is 24.6 Å². The summed E-state index contributed by atoms with van der Waals surface area (Å²) in [5.74, 6) is 0.436. The molecule has 0 N–H and O–H groups in total. The van der Waals surface area contributed by atoms with Gasteiger partial charge in [-0.15, -0.1) is 0 Å². The summed E-state index contributed by atoms with van der Waals surface area (Å²) in [4.78, 5) is 0. The zero-order valence-electron chi connectivity index (χ0n) is 11.0. The molecule has 0 atom stereocenters. The number of phosphoric acid groups is 1. The maximum atomic E-state index is 12.1. The van der Waals surface area contributed by atoms with Crippen molar-refractivity contribution in [1.82, 2.24) is 0 Å². The highest BCUT2D eigenvalue weighted by atomic mass is 35.5. The van der Waals surface area contributed by atoms with Gasteiger partial charge in [0.05, 0.1) is 13.2 Å². The van der Waals surface area contributed by atoms with E-state index in [1.807, 2.05) is 27.7 Å². The summed E-state index contributed by atoms with van der Waals surface area (Å²) < 4.78 is 27.1. The monoisotopic (exact) mass is 285 g/mol. The number of hydrogen-bond donors (Lipinski definition) is 0. The molecular weight excluding hydrogens is 265 g/mol. The van der Waals surface area contributed by atoms with Crippen LogP contribution in [0.4, 0.5) is 0 Å². The molecule has 0 rings (SSSR count). The van der Waals surface area contributed by atoms with Crippen molar-refractivity contribution in [2.45, 2.75) is 34.6 Å². The number of halogens is 1. The predicted octanol–water partition coefficient (Wildman–Crippen LogP) is 4.03. The lowest BCUT2D eigenvalue weighted by Gasteiger charge is -2.17. The van der Waals surface area contributed by atoms with Crippen molar-refractivity contribution in [2.75, 3.05) is 13.2 Å². The number of nitrogens with zero attached hydrogens (tertiary/aromatic N) is 1. The fraction of sp³-hybridized carbons (Fsp3) is 0.900. The molecule has 0 heterocycles. The van der Waals surface area contributed by atoms with Crippen LogP contribution >= 0.6 is 19.4 Å². The summed E-state index contributed by atoms with van der Waals surface area (Å²) in [7, 11) is -3.65. The Balaban J connectivity index is 4.45. The van der Waals surface area contributed by atoms with Crippen LogP contribution in [-0.4, -0.2) is 18.4 Å². The summed E-state index contributed by atoms with van der Waals surface area (Å²) in [5.41, 5.74) is 0. The average molecular weight is 286 g/mol. The molecule has 0 bridgehead atoms. The number of hydrogen-bond acceptors (Lipinski definition) is 5. The largest absolute Gasteiger partial charge is 0.550 e. The van der Waals surface area contributed by atoms with E-state index in [-0.39, 0.29) is 30.2 Å². The van der Waals surface area contributed by atoms with E-state index in [1.165, 1.54) is 6.92 Å². The highest BCUT2D eigenvalue weighted by Gasteiger charge is 2.29. The smallest absolute Gasteiger partial charge is 0.291 e. The molecule has 0 radical (unpaired) electrons. The van der Waals surface area contributed by atoms with Gasteiger partial charge >= 0.3 is 7.82 Å². The van der Waals surface area contributed by atoms with E-state index in [4.69, 9.17) is 25.3 Å². The molecule has 0 saturated carbocycles. The zero-order valence-corrected chi connectivity index (χ0v) is 12.6. The first-order valence-electron chi connectivity index (χ1n) is 5.53. The topological polar surface area (TPSA) is 57.1 Å². The van der Waals surface area contributed by atoms with Crippen LogP contribution in [0.25, 0.3) is 0 Å². The van der Waals surface area contributed by atoms with Crippen molar-refractivity contribution in [1.29, 1.82) is 0 Å². The molecule has 0 aliphatic heterocycles. The van der Waals surface area contributed by atoms with Gasteiger partial charge in [0.1, 0.15) is 5.17 Å². The lowest BCUT2D eigenvalue weighted by molar-refractivity contribution is 0.0981. The Kier molecular flexibility index (Phi) is 8.05. The van der Waals surface area contributed by atoms with Crippen LogP contribution < -0.4 is 0 Å². The van der Waals surface area contributed by atoms with Crippen LogP contribution in [0.5, 0.6) is 0 Å². The summed E-state index contributed by atoms with van der Waals surface area (Å²) in [6.07, 6.45) is 0. The quantitative estimate of drug-likeness (QED) is 0.384. The van der Waals surface area contributed by atoms with E-state index in [0.717, 1.165) is 0 Å². The molecule has 17 heavy (non-hydrogen) atoms. The molecule has 102 valence electrons. The Morgan fingerprint density at radius 1 is 1.18 bits per heavy atom. The Hall–Kier alpha value is -0.0900. The van der Waals surface area contributed by atoms with E-state index in [1.54, 1.807) is 0 Å². The van der Waals surface area contributed by atoms with Gasteiger partial charge in [-0.2, -0.15) is 0 Å². The molecule has 0 fully saturated rings. The van der Waals surface area contributed by atoms with Crippen LogP contribution in [0.1, 0.15) is 34.6 Å². The molecule has 5 nitrogen and oxygen atoms in total. The fourth-order valence-corrected chi connectivity index (χ4v) is 2.11. The van der Waals surface area contributed by atoms with Crippen LogP contribution in [-0.2, 0) is 18.2 Å². The van der Waals surface area contributed by atoms with Crippen molar-refractivity contribution in [3.05, 3.63) is 0 Å². The molecule has 0 amide bonds. The molecular formula is C10H21ClNO4P. The maximum absolute atomic E-state index is 12.1. The first kappa shape index (κ1) is 16.9. The summed E-state index contributed by atoms with van der Waals surface area (Å²) in [5, 5.41) is 3.55. The average Bonchev–Trinajstić information content (AvgIpc) is 2.21. The van der Waals surface area contributed by atoms with Gasteiger partial charge in [-0.05, 0) is 18.8 Å². The van der Waals surface area contributed by atoms with Gasteiger partial charge in [0.25, 0.3) is 0 Å². The highest BCUT2D eigenvalue weighted by molar-refractivity contribution is 7.48. The van der Waals surface area contributed by atoms with Gasteiger partial charge in [0.15, 0.2) is 0 Å². The van der Waals surface area contributed by atoms with E-state index in [2.05, 4.69) is 5.16 Å². The van der Waals surface area contributed by atoms with Gasteiger partial charge in [0, 0.05) is 0 Å². The Bertz CT molecular complexity index is 274. The minimum absolute atomic E-state index is 0.131. The summed E-state index contributed by atoms with van der Waals surface area (Å²) in [6.45, 7) is 9.78. The third-order valence-corrected chi connectivity index (χ3v) is 2.68. The zero-order chi connectivity index (χ0) is 13.5. The molecule has 0 spiro atoms. The van der Waals surface area contributed by atoms with Crippen molar-refractivity contribution in [2.24, 2.45) is 17.0 Å². The first-order valence-corrected chi connectivity index (χ1v) is 7.37. The van der Waals surface area contributed by atoms with Gasteiger partial charge in [-0.25, -0.2) is 4.57 Å². The standard InChI is InChI=1S/C10H21ClNO4P/c1-8(2)6-14-17(13,15-7-9(3)4)16-12-10(5)11/h8-9H,6-7H2,1-5H3. The minimum Gasteiger partial charge on any atom is -0.291 e. The minimum atomic E-state index is -3.65. The Labute approximate surface area is 108 Å². The molecule has 7 heteroatoms. The molecule has 0 unspecified atom stereocenters. The molecule has 0 aliphatic carbocycles. The predicted molar refractivity (Wildman–Crippen MR) is 69.2 cm³/mol. The lowest BCUT2D eigenvalue weighted by Crippen LogP contribution is -2.07. The second-order valence-electron chi connectivity index (χ2n) is 4.50. The van der Waals surface area contributed by atoms with Gasteiger partial charge < -0.3 is 0 Å². The molecule has 0 aliphatic rings. The van der Waals surface area contributed by atoms with Crippen molar-refractivity contribution in [3.8, 4) is 0 Å². The van der Waals surface area contributed by atoms with Crippen LogP contribution in [0.3, 0.4) is 0 Å². The van der Waals surface area contributed by atoms with Gasteiger partial charge in [0.2, 0.25) is 0 Å². The van der Waals surface area contributed by atoms with Gasteiger partial charge in [-0.3, -0.25) is 13.7 Å². The third-order valence-electron chi connectivity index (χ3n) is 1.40. The number of oxime groups is 1. The van der Waals surface area contributed by atoms with Crippen molar-refractivity contribution in [3.63, 3.8) is 0 Å².